The maximum Gasteiger partial charge on any atom is 0.0551 e. The minimum Gasteiger partial charge on any atom is -0.323 e. The van der Waals surface area contributed by atoms with Crippen LogP contribution in [-0.2, 0) is 0 Å². The monoisotopic (exact) mass is 275 g/mol. The first-order valence-corrected chi connectivity index (χ1v) is 5.70. The summed E-state index contributed by atoms with van der Waals surface area (Å²) in [5, 5.41) is 0.710. The molecule has 3 heteroatoms. The summed E-state index contributed by atoms with van der Waals surface area (Å²) in [6, 6.07) is 5.76. The average Bonchev–Trinajstić information content (AvgIpc) is 2.07. The van der Waals surface area contributed by atoms with E-state index in [9.17, 15) is 0 Å². The summed E-state index contributed by atoms with van der Waals surface area (Å²) in [6.07, 6.45) is 0. The number of hydrogen-bond acceptors (Lipinski definition) is 1. The Balaban J connectivity index is 3.14. The predicted octanol–water partition coefficient (Wildman–Crippen LogP) is 4.15. The van der Waals surface area contributed by atoms with Crippen LogP contribution >= 0.6 is 27.5 Å². The highest BCUT2D eigenvalue weighted by Gasteiger charge is 2.24. The molecule has 0 aliphatic heterocycles. The third-order valence-electron chi connectivity index (χ3n) is 2.25. The number of rotatable bonds is 1. The quantitative estimate of drug-likeness (QED) is 0.819. The molecule has 1 aromatic rings. The Hall–Kier alpha value is -0.0500. The van der Waals surface area contributed by atoms with Gasteiger partial charge in [-0.2, -0.15) is 0 Å². The van der Waals surface area contributed by atoms with Gasteiger partial charge >= 0.3 is 0 Å². The molecule has 1 rings (SSSR count). The van der Waals surface area contributed by atoms with E-state index in [2.05, 4.69) is 36.7 Å². The largest absolute Gasteiger partial charge is 0.323 e. The molecular weight excluding hydrogens is 261 g/mol. The van der Waals surface area contributed by atoms with Crippen LogP contribution in [0.5, 0.6) is 0 Å². The van der Waals surface area contributed by atoms with Crippen LogP contribution in [0.15, 0.2) is 22.7 Å². The summed E-state index contributed by atoms with van der Waals surface area (Å²) >= 11 is 9.47. The second-order valence-corrected chi connectivity index (χ2v) is 5.69. The molecule has 1 aromatic carbocycles. The lowest BCUT2D eigenvalue weighted by Gasteiger charge is -2.28. The molecular formula is C11H15BrClN. The summed E-state index contributed by atoms with van der Waals surface area (Å²) in [5.74, 6) is 0. The number of halogens is 2. The SMILES string of the molecule is CC(C)(C)[C@H](N)c1cccc(Cl)c1Br. The zero-order valence-electron chi connectivity index (χ0n) is 8.64. The molecule has 0 aliphatic rings. The zero-order chi connectivity index (χ0) is 10.9. The van der Waals surface area contributed by atoms with Gasteiger partial charge in [0, 0.05) is 10.5 Å². The highest BCUT2D eigenvalue weighted by molar-refractivity contribution is 9.10. The molecule has 0 bridgehead atoms. The normalized spacial score (nSPS) is 14.1. The topological polar surface area (TPSA) is 26.0 Å². The maximum atomic E-state index is 6.15. The van der Waals surface area contributed by atoms with Gasteiger partial charge in [0.25, 0.3) is 0 Å². The van der Waals surface area contributed by atoms with Crippen molar-refractivity contribution in [2.45, 2.75) is 26.8 Å². The second kappa shape index (κ2) is 4.21. The molecule has 0 amide bonds. The van der Waals surface area contributed by atoms with Crippen molar-refractivity contribution in [3.8, 4) is 0 Å². The Morgan fingerprint density at radius 2 is 1.93 bits per heavy atom. The Labute approximate surface area is 98.8 Å². The summed E-state index contributed by atoms with van der Waals surface area (Å²) in [6.45, 7) is 6.35. The van der Waals surface area contributed by atoms with Gasteiger partial charge in [-0.1, -0.05) is 44.5 Å². The number of nitrogens with two attached hydrogens (primary N) is 1. The third-order valence-corrected chi connectivity index (χ3v) is 3.68. The van der Waals surface area contributed by atoms with Crippen molar-refractivity contribution in [3.05, 3.63) is 33.3 Å². The van der Waals surface area contributed by atoms with E-state index in [0.717, 1.165) is 10.0 Å². The molecule has 0 aromatic heterocycles. The van der Waals surface area contributed by atoms with Gasteiger partial charge in [0.1, 0.15) is 0 Å². The lowest BCUT2D eigenvalue weighted by Crippen LogP contribution is -2.26. The fraction of sp³-hybridized carbons (Fsp3) is 0.455. The van der Waals surface area contributed by atoms with Crippen LogP contribution in [0.3, 0.4) is 0 Å². The molecule has 2 N–H and O–H groups in total. The highest BCUT2D eigenvalue weighted by Crippen LogP contribution is 2.37. The first-order chi connectivity index (χ1) is 6.34. The van der Waals surface area contributed by atoms with Crippen molar-refractivity contribution in [2.24, 2.45) is 11.1 Å². The number of hydrogen-bond donors (Lipinski definition) is 1. The van der Waals surface area contributed by atoms with Crippen LogP contribution < -0.4 is 5.73 Å². The molecule has 0 fully saturated rings. The summed E-state index contributed by atoms with van der Waals surface area (Å²) < 4.78 is 0.907. The molecule has 78 valence electrons. The fourth-order valence-corrected chi connectivity index (χ4v) is 1.92. The average molecular weight is 277 g/mol. The van der Waals surface area contributed by atoms with E-state index in [1.807, 2.05) is 18.2 Å². The Bertz CT molecular complexity index is 331. The maximum absolute atomic E-state index is 6.15. The summed E-state index contributed by atoms with van der Waals surface area (Å²) in [7, 11) is 0. The van der Waals surface area contributed by atoms with Gasteiger partial charge in [-0.25, -0.2) is 0 Å². The fourth-order valence-electron chi connectivity index (χ4n) is 1.23. The van der Waals surface area contributed by atoms with Gasteiger partial charge < -0.3 is 5.73 Å². The van der Waals surface area contributed by atoms with Crippen LogP contribution in [0.4, 0.5) is 0 Å². The Morgan fingerprint density at radius 3 is 2.43 bits per heavy atom. The van der Waals surface area contributed by atoms with E-state index >= 15 is 0 Å². The van der Waals surface area contributed by atoms with Crippen LogP contribution in [0, 0.1) is 5.41 Å². The first kappa shape index (κ1) is 12.0. The van der Waals surface area contributed by atoms with Crippen molar-refractivity contribution < 1.29 is 0 Å². The van der Waals surface area contributed by atoms with Crippen molar-refractivity contribution >= 4 is 27.5 Å². The molecule has 0 aliphatic carbocycles. The van der Waals surface area contributed by atoms with Crippen LogP contribution in [0.25, 0.3) is 0 Å². The van der Waals surface area contributed by atoms with Gasteiger partial charge in [-0.15, -0.1) is 0 Å². The summed E-state index contributed by atoms with van der Waals surface area (Å²) in [4.78, 5) is 0. The van der Waals surface area contributed by atoms with E-state index in [4.69, 9.17) is 17.3 Å². The molecule has 1 nitrogen and oxygen atoms in total. The standard InChI is InChI=1S/C11H15BrClN/c1-11(2,3)10(14)7-5-4-6-8(13)9(7)12/h4-6,10H,14H2,1-3H3/t10-/m1/s1. The van der Waals surface area contributed by atoms with Crippen LogP contribution in [-0.4, -0.2) is 0 Å². The molecule has 0 unspecified atom stereocenters. The van der Waals surface area contributed by atoms with E-state index in [-0.39, 0.29) is 11.5 Å². The first-order valence-electron chi connectivity index (χ1n) is 4.53. The van der Waals surface area contributed by atoms with Crippen molar-refractivity contribution in [1.29, 1.82) is 0 Å². The van der Waals surface area contributed by atoms with E-state index in [1.54, 1.807) is 0 Å². The van der Waals surface area contributed by atoms with E-state index < -0.39 is 0 Å². The minimum atomic E-state index is -0.0180. The smallest absolute Gasteiger partial charge is 0.0551 e. The van der Waals surface area contributed by atoms with E-state index in [0.29, 0.717) is 5.02 Å². The van der Waals surface area contributed by atoms with Gasteiger partial charge in [0.2, 0.25) is 0 Å². The molecule has 1 atom stereocenters. The van der Waals surface area contributed by atoms with Gasteiger partial charge in [-0.3, -0.25) is 0 Å². The third kappa shape index (κ3) is 2.50. The highest BCUT2D eigenvalue weighted by atomic mass is 79.9. The molecule has 14 heavy (non-hydrogen) atoms. The van der Waals surface area contributed by atoms with Crippen molar-refractivity contribution in [3.63, 3.8) is 0 Å². The van der Waals surface area contributed by atoms with Crippen LogP contribution in [0.2, 0.25) is 5.02 Å². The molecule has 0 saturated heterocycles. The van der Waals surface area contributed by atoms with Gasteiger partial charge in [0.05, 0.1) is 5.02 Å². The van der Waals surface area contributed by atoms with Crippen molar-refractivity contribution in [1.82, 2.24) is 0 Å². The second-order valence-electron chi connectivity index (χ2n) is 4.49. The van der Waals surface area contributed by atoms with Gasteiger partial charge in [-0.05, 0) is 33.0 Å². The predicted molar refractivity (Wildman–Crippen MR) is 65.5 cm³/mol. The zero-order valence-corrected chi connectivity index (χ0v) is 11.0. The molecule has 0 saturated carbocycles. The number of benzene rings is 1. The van der Waals surface area contributed by atoms with Crippen LogP contribution in [0.1, 0.15) is 32.4 Å². The molecule has 0 heterocycles. The Kier molecular flexibility index (Phi) is 3.62. The van der Waals surface area contributed by atoms with Crippen molar-refractivity contribution in [2.75, 3.05) is 0 Å². The molecule has 0 radical (unpaired) electrons. The lowest BCUT2D eigenvalue weighted by atomic mass is 9.83. The summed E-state index contributed by atoms with van der Waals surface area (Å²) in [5.41, 5.74) is 7.25. The van der Waals surface area contributed by atoms with E-state index in [1.165, 1.54) is 0 Å². The minimum absolute atomic E-state index is 0.0180. The molecule has 0 spiro atoms. The Morgan fingerprint density at radius 1 is 1.36 bits per heavy atom. The lowest BCUT2D eigenvalue weighted by molar-refractivity contribution is 0.326. The van der Waals surface area contributed by atoms with Gasteiger partial charge in [0.15, 0.2) is 0 Å².